The number of phenols is 2. The second-order valence-electron chi connectivity index (χ2n) is 6.79. The van der Waals surface area contributed by atoms with Gasteiger partial charge in [0.15, 0.2) is 17.1 Å². The molecule has 0 unspecified atom stereocenters. The van der Waals surface area contributed by atoms with Crippen LogP contribution in [0, 0.1) is 0 Å². The zero-order valence-corrected chi connectivity index (χ0v) is 17.9. The van der Waals surface area contributed by atoms with Crippen molar-refractivity contribution >= 4 is 43.8 Å². The topological polar surface area (TPSA) is 113 Å². The lowest BCUT2D eigenvalue weighted by molar-refractivity contribution is 0.0223. The number of fused-ring (bicyclic) bond motifs is 6. The zero-order chi connectivity index (χ0) is 21.4. The molecule has 1 spiro atoms. The van der Waals surface area contributed by atoms with Crippen molar-refractivity contribution < 1.29 is 34.4 Å². The van der Waals surface area contributed by atoms with Crippen molar-refractivity contribution in [2.75, 3.05) is 0 Å². The third kappa shape index (κ3) is 2.30. The Bertz CT molecular complexity index is 1240. The summed E-state index contributed by atoms with van der Waals surface area (Å²) in [5, 5.41) is 29.6. The second-order valence-corrected chi connectivity index (χ2v) is 8.37. The van der Waals surface area contributed by atoms with Gasteiger partial charge in [-0.15, -0.1) is 0 Å². The van der Waals surface area contributed by atoms with Crippen molar-refractivity contribution in [1.29, 1.82) is 0 Å². The molecule has 0 fully saturated rings. The number of carboxylic acid groups (broad SMARTS) is 1. The average Bonchev–Trinajstić information content (AvgIpc) is 3.01. The van der Waals surface area contributed by atoms with Gasteiger partial charge in [0, 0.05) is 16.7 Å². The van der Waals surface area contributed by atoms with Gasteiger partial charge in [0.2, 0.25) is 0 Å². The monoisotopic (exact) mass is 532 g/mol. The molecule has 2 aliphatic heterocycles. The molecular weight excluding hydrogens is 524 g/mol. The highest BCUT2D eigenvalue weighted by Gasteiger charge is 2.54. The first kappa shape index (κ1) is 19.0. The van der Waals surface area contributed by atoms with Gasteiger partial charge in [-0.3, -0.25) is 0 Å². The molecule has 30 heavy (non-hydrogen) atoms. The van der Waals surface area contributed by atoms with Gasteiger partial charge in [-0.25, -0.2) is 9.59 Å². The Morgan fingerprint density at radius 2 is 1.40 bits per heavy atom. The molecule has 0 saturated heterocycles. The van der Waals surface area contributed by atoms with E-state index >= 15 is 0 Å². The minimum absolute atomic E-state index is 0.0472. The molecule has 0 radical (unpaired) electrons. The number of aromatic hydroxyl groups is 2. The van der Waals surface area contributed by atoms with E-state index in [1.807, 2.05) is 0 Å². The summed E-state index contributed by atoms with van der Waals surface area (Å²) in [5.41, 5.74) is -0.0896. The van der Waals surface area contributed by atoms with Crippen molar-refractivity contribution in [3.63, 3.8) is 0 Å². The van der Waals surface area contributed by atoms with Crippen molar-refractivity contribution in [3.05, 3.63) is 79.2 Å². The van der Waals surface area contributed by atoms with Gasteiger partial charge in [-0.1, -0.05) is 6.07 Å². The summed E-state index contributed by atoms with van der Waals surface area (Å²) in [5.74, 6) is -1.63. The molecule has 7 nitrogen and oxygen atoms in total. The molecule has 2 heterocycles. The Hall–Kier alpha value is -3.04. The average molecular weight is 534 g/mol. The zero-order valence-electron chi connectivity index (χ0n) is 14.8. The molecule has 3 N–H and O–H groups in total. The fourth-order valence-corrected chi connectivity index (χ4v) is 4.75. The highest BCUT2D eigenvalue weighted by atomic mass is 79.9. The first-order valence-electron chi connectivity index (χ1n) is 8.58. The molecule has 0 bridgehead atoms. The number of aromatic carboxylic acids is 1. The van der Waals surface area contributed by atoms with E-state index in [2.05, 4.69) is 31.9 Å². The van der Waals surface area contributed by atoms with Crippen LogP contribution in [0.5, 0.6) is 23.0 Å². The van der Waals surface area contributed by atoms with Gasteiger partial charge in [0.05, 0.1) is 11.1 Å². The predicted octanol–water partition coefficient (Wildman–Crippen LogP) is 4.89. The van der Waals surface area contributed by atoms with Gasteiger partial charge in [0.25, 0.3) is 0 Å². The Balaban J connectivity index is 1.91. The number of benzene rings is 3. The number of rotatable bonds is 1. The van der Waals surface area contributed by atoms with Crippen LogP contribution in [-0.4, -0.2) is 27.3 Å². The second kappa shape index (κ2) is 6.23. The highest BCUT2D eigenvalue weighted by molar-refractivity contribution is 9.11. The number of hydrogen-bond acceptors (Lipinski definition) is 6. The van der Waals surface area contributed by atoms with Crippen molar-refractivity contribution in [2.24, 2.45) is 0 Å². The molecule has 5 rings (SSSR count). The summed E-state index contributed by atoms with van der Waals surface area (Å²) in [7, 11) is 0. The van der Waals surface area contributed by atoms with Gasteiger partial charge < -0.3 is 24.8 Å². The van der Waals surface area contributed by atoms with Crippen molar-refractivity contribution in [3.8, 4) is 23.0 Å². The van der Waals surface area contributed by atoms with Crippen LogP contribution < -0.4 is 4.74 Å². The number of hydrogen-bond donors (Lipinski definition) is 3. The van der Waals surface area contributed by atoms with Crippen LogP contribution >= 0.6 is 31.9 Å². The van der Waals surface area contributed by atoms with Crippen LogP contribution in [0.25, 0.3) is 0 Å². The van der Waals surface area contributed by atoms with Crippen LogP contribution in [0.1, 0.15) is 37.4 Å². The van der Waals surface area contributed by atoms with E-state index in [1.165, 1.54) is 30.3 Å². The number of carboxylic acids is 1. The molecule has 0 atom stereocenters. The Kier molecular flexibility index (Phi) is 3.93. The molecule has 150 valence electrons. The first-order valence-corrected chi connectivity index (χ1v) is 10.2. The van der Waals surface area contributed by atoms with Crippen LogP contribution in [0.3, 0.4) is 0 Å². The summed E-state index contributed by atoms with van der Waals surface area (Å²) in [4.78, 5) is 24.3. The summed E-state index contributed by atoms with van der Waals surface area (Å²) >= 11 is 6.61. The highest BCUT2D eigenvalue weighted by Crippen LogP contribution is 2.60. The molecule has 0 aromatic heterocycles. The normalized spacial score (nSPS) is 15.1. The third-order valence-corrected chi connectivity index (χ3v) is 6.76. The molecule has 3 aromatic carbocycles. The van der Waals surface area contributed by atoms with Crippen LogP contribution in [0.15, 0.2) is 51.4 Å². The van der Waals surface area contributed by atoms with E-state index in [1.54, 1.807) is 12.1 Å². The fourth-order valence-electron chi connectivity index (χ4n) is 3.89. The minimum Gasteiger partial charge on any atom is -0.507 e. The smallest absolute Gasteiger partial charge is 0.340 e. The van der Waals surface area contributed by atoms with E-state index in [9.17, 15) is 24.9 Å². The van der Waals surface area contributed by atoms with Crippen LogP contribution in [0.4, 0.5) is 0 Å². The quantitative estimate of drug-likeness (QED) is 0.382. The standard InChI is InChI=1S/C21H10Br2O7/c22-15-13(24)5-3-11-17(15)29-18-12(4-6-14(25)16(18)23)21(11)10-2-1-8(19(26)27)7-9(10)20(28)30-21/h1-7,24-25H,(H,26,27). The van der Waals surface area contributed by atoms with E-state index in [4.69, 9.17) is 9.47 Å². The van der Waals surface area contributed by atoms with Gasteiger partial charge >= 0.3 is 11.9 Å². The number of ether oxygens (including phenoxy) is 2. The van der Waals surface area contributed by atoms with E-state index in [-0.39, 0.29) is 43.1 Å². The van der Waals surface area contributed by atoms with E-state index in [0.29, 0.717) is 16.7 Å². The Morgan fingerprint density at radius 1 is 0.867 bits per heavy atom. The molecule has 2 aliphatic rings. The number of carbonyl (C=O) groups excluding carboxylic acids is 1. The fraction of sp³-hybridized carbons (Fsp3) is 0.0476. The maximum Gasteiger partial charge on any atom is 0.340 e. The third-order valence-electron chi connectivity index (χ3n) is 5.23. The van der Waals surface area contributed by atoms with Gasteiger partial charge in [-0.05, 0) is 68.3 Å². The summed E-state index contributed by atoms with van der Waals surface area (Å²) < 4.78 is 12.4. The maximum atomic E-state index is 12.9. The lowest BCUT2D eigenvalue weighted by Crippen LogP contribution is -2.33. The molecule has 0 saturated carbocycles. The molecule has 0 amide bonds. The largest absolute Gasteiger partial charge is 0.507 e. The summed E-state index contributed by atoms with van der Waals surface area (Å²) in [6.07, 6.45) is 0. The van der Waals surface area contributed by atoms with E-state index < -0.39 is 17.5 Å². The lowest BCUT2D eigenvalue weighted by atomic mass is 9.77. The minimum atomic E-state index is -1.46. The lowest BCUT2D eigenvalue weighted by Gasteiger charge is -2.37. The van der Waals surface area contributed by atoms with Gasteiger partial charge in [-0.2, -0.15) is 0 Å². The molecule has 9 heteroatoms. The van der Waals surface area contributed by atoms with Crippen molar-refractivity contribution in [2.45, 2.75) is 5.60 Å². The van der Waals surface area contributed by atoms with Gasteiger partial charge in [0.1, 0.15) is 20.4 Å². The number of phenolic OH excluding ortho intramolecular Hbond substituents is 2. The van der Waals surface area contributed by atoms with Crippen LogP contribution in [0.2, 0.25) is 0 Å². The van der Waals surface area contributed by atoms with Crippen LogP contribution in [-0.2, 0) is 10.3 Å². The Labute approximate surface area is 185 Å². The van der Waals surface area contributed by atoms with Crippen molar-refractivity contribution in [1.82, 2.24) is 0 Å². The summed E-state index contributed by atoms with van der Waals surface area (Å²) in [6.45, 7) is 0. The Morgan fingerprint density at radius 3 is 1.93 bits per heavy atom. The first-order chi connectivity index (χ1) is 14.3. The number of carbonyl (C=O) groups is 2. The number of esters is 1. The van der Waals surface area contributed by atoms with E-state index in [0.717, 1.165) is 0 Å². The number of halogens is 2. The SMILES string of the molecule is O=C(O)c1ccc2c(c1)C(=O)OC21c2ccc(O)c(Br)c2Oc2c1ccc(O)c2Br. The predicted molar refractivity (Wildman–Crippen MR) is 110 cm³/mol. The molecule has 0 aliphatic carbocycles. The maximum absolute atomic E-state index is 12.9. The molecule has 3 aromatic rings. The summed E-state index contributed by atoms with van der Waals surface area (Å²) in [6, 6.07) is 10.2. The molecular formula is C21H10Br2O7.